The summed E-state index contributed by atoms with van der Waals surface area (Å²) in [5, 5.41) is 6.35. The Kier molecular flexibility index (Phi) is 8.63. The zero-order valence-electron chi connectivity index (χ0n) is 23.3. The van der Waals surface area contributed by atoms with Gasteiger partial charge in [-0.2, -0.15) is 0 Å². The van der Waals surface area contributed by atoms with Gasteiger partial charge in [0.25, 0.3) is 5.91 Å². The van der Waals surface area contributed by atoms with Crippen molar-refractivity contribution in [2.24, 2.45) is 0 Å². The average molecular weight is 582 g/mol. The standard InChI is InChI=1S/C30H36ClN5O3S/c1-30(2,3)39-29(38)33-18-22-9-8-20(16-23(22)31)24-19-36-25-11-10-21(17-26(25)40-28(36)34-24)27(37)32-12-7-15-35-13-5-4-6-14-35/h8-11,16-17,19H,4-7,12-15,18H2,1-3H3,(H,32,37)(H,33,38). The molecule has 3 heterocycles. The van der Waals surface area contributed by atoms with Gasteiger partial charge in [0, 0.05) is 35.4 Å². The first kappa shape index (κ1) is 28.4. The summed E-state index contributed by atoms with van der Waals surface area (Å²) in [7, 11) is 0. The van der Waals surface area contributed by atoms with Crippen molar-refractivity contribution in [3.05, 3.63) is 58.7 Å². The van der Waals surface area contributed by atoms with E-state index in [9.17, 15) is 9.59 Å². The number of hydrogen-bond donors (Lipinski definition) is 2. The first-order valence-corrected chi connectivity index (χ1v) is 15.0. The highest BCUT2D eigenvalue weighted by molar-refractivity contribution is 7.23. The first-order valence-electron chi connectivity index (χ1n) is 13.8. The highest BCUT2D eigenvalue weighted by Gasteiger charge is 2.17. The third-order valence-corrected chi connectivity index (χ3v) is 8.28. The van der Waals surface area contributed by atoms with Gasteiger partial charge in [-0.05, 0) is 89.5 Å². The molecule has 1 saturated heterocycles. The summed E-state index contributed by atoms with van der Waals surface area (Å²) in [6.45, 7) is 9.82. The number of ether oxygens (including phenoxy) is 1. The highest BCUT2D eigenvalue weighted by Crippen LogP contribution is 2.31. The number of fused-ring (bicyclic) bond motifs is 3. The highest BCUT2D eigenvalue weighted by atomic mass is 35.5. The van der Waals surface area contributed by atoms with E-state index in [2.05, 4.69) is 15.5 Å². The lowest BCUT2D eigenvalue weighted by molar-refractivity contribution is 0.0523. The van der Waals surface area contributed by atoms with Crippen molar-refractivity contribution < 1.29 is 14.3 Å². The summed E-state index contributed by atoms with van der Waals surface area (Å²) >= 11 is 8.08. The number of thiazole rings is 1. The summed E-state index contributed by atoms with van der Waals surface area (Å²) < 4.78 is 8.34. The molecule has 0 aliphatic carbocycles. The predicted octanol–water partition coefficient (Wildman–Crippen LogP) is 6.50. The second kappa shape index (κ2) is 12.2. The molecule has 2 aromatic carbocycles. The van der Waals surface area contributed by atoms with Crippen LogP contribution in [0.25, 0.3) is 26.4 Å². The number of carbonyl (C=O) groups excluding carboxylic acids is 2. The van der Waals surface area contributed by atoms with Crippen LogP contribution in [0.4, 0.5) is 4.79 Å². The van der Waals surface area contributed by atoms with Crippen molar-refractivity contribution in [2.45, 2.75) is 58.6 Å². The van der Waals surface area contributed by atoms with E-state index < -0.39 is 11.7 Å². The van der Waals surface area contributed by atoms with E-state index in [4.69, 9.17) is 21.3 Å². The van der Waals surface area contributed by atoms with Gasteiger partial charge in [-0.15, -0.1) is 0 Å². The maximum atomic E-state index is 12.8. The number of likely N-dealkylation sites (tertiary alicyclic amines) is 1. The van der Waals surface area contributed by atoms with Crippen LogP contribution in [0, 0.1) is 0 Å². The number of benzene rings is 2. The molecular formula is C30H36ClN5O3S. The van der Waals surface area contributed by atoms with Crippen LogP contribution in [0.1, 0.15) is 62.4 Å². The topological polar surface area (TPSA) is 88.0 Å². The fraction of sp³-hybridized carbons (Fsp3) is 0.433. The molecule has 0 saturated carbocycles. The molecule has 2 N–H and O–H groups in total. The summed E-state index contributed by atoms with van der Waals surface area (Å²) in [6, 6.07) is 11.5. The van der Waals surface area contributed by atoms with Gasteiger partial charge in [0.15, 0.2) is 4.96 Å². The van der Waals surface area contributed by atoms with Gasteiger partial charge < -0.3 is 20.3 Å². The van der Waals surface area contributed by atoms with Gasteiger partial charge in [0.05, 0.1) is 15.9 Å². The van der Waals surface area contributed by atoms with Crippen LogP contribution < -0.4 is 10.6 Å². The Hall–Kier alpha value is -3.14. The van der Waals surface area contributed by atoms with E-state index in [-0.39, 0.29) is 12.5 Å². The molecule has 0 spiro atoms. The Morgan fingerprint density at radius 1 is 1.07 bits per heavy atom. The van der Waals surface area contributed by atoms with E-state index in [0.717, 1.165) is 45.0 Å². The minimum atomic E-state index is -0.559. The zero-order chi connectivity index (χ0) is 28.3. The number of halogens is 1. The van der Waals surface area contributed by atoms with Crippen molar-refractivity contribution in [1.82, 2.24) is 24.9 Å². The van der Waals surface area contributed by atoms with Crippen LogP contribution in [0.15, 0.2) is 42.6 Å². The Balaban J connectivity index is 1.21. The van der Waals surface area contributed by atoms with Crippen molar-refractivity contribution in [3.8, 4) is 11.3 Å². The average Bonchev–Trinajstić information content (AvgIpc) is 3.48. The molecule has 1 aliphatic rings. The molecular weight excluding hydrogens is 546 g/mol. The molecule has 1 aliphatic heterocycles. The fourth-order valence-corrected chi connectivity index (χ4v) is 6.20. The van der Waals surface area contributed by atoms with Crippen molar-refractivity contribution in [2.75, 3.05) is 26.2 Å². The van der Waals surface area contributed by atoms with Crippen molar-refractivity contribution in [1.29, 1.82) is 0 Å². The second-order valence-corrected chi connectivity index (χ2v) is 12.7. The molecule has 4 aromatic rings. The largest absolute Gasteiger partial charge is 0.444 e. The minimum Gasteiger partial charge on any atom is -0.444 e. The summed E-state index contributed by atoms with van der Waals surface area (Å²) in [5.41, 5.74) is 3.59. The van der Waals surface area contributed by atoms with Gasteiger partial charge in [0.2, 0.25) is 0 Å². The number of carbonyl (C=O) groups is 2. The van der Waals surface area contributed by atoms with E-state index in [1.165, 1.54) is 32.4 Å². The third-order valence-electron chi connectivity index (χ3n) is 6.91. The molecule has 40 heavy (non-hydrogen) atoms. The van der Waals surface area contributed by atoms with E-state index in [0.29, 0.717) is 17.1 Å². The van der Waals surface area contributed by atoms with Crippen LogP contribution >= 0.6 is 22.9 Å². The molecule has 0 radical (unpaired) electrons. The molecule has 5 rings (SSSR count). The monoisotopic (exact) mass is 581 g/mol. The second-order valence-electron chi connectivity index (χ2n) is 11.2. The summed E-state index contributed by atoms with van der Waals surface area (Å²) in [6.07, 6.45) is 6.37. The van der Waals surface area contributed by atoms with Crippen LogP contribution in [0.2, 0.25) is 5.02 Å². The van der Waals surface area contributed by atoms with E-state index in [1.54, 1.807) is 11.3 Å². The van der Waals surface area contributed by atoms with Crippen LogP contribution in [-0.2, 0) is 11.3 Å². The Morgan fingerprint density at radius 3 is 2.62 bits per heavy atom. The van der Waals surface area contributed by atoms with Crippen LogP contribution in [0.3, 0.4) is 0 Å². The van der Waals surface area contributed by atoms with Gasteiger partial charge in [-0.3, -0.25) is 9.20 Å². The zero-order valence-corrected chi connectivity index (χ0v) is 24.8. The number of imidazole rings is 1. The molecule has 2 aromatic heterocycles. The lowest BCUT2D eigenvalue weighted by Crippen LogP contribution is -2.33. The van der Waals surface area contributed by atoms with Crippen LogP contribution in [0.5, 0.6) is 0 Å². The summed E-state index contributed by atoms with van der Waals surface area (Å²) in [4.78, 5) is 32.9. The Labute approximate surface area is 243 Å². The Morgan fingerprint density at radius 2 is 1.88 bits per heavy atom. The number of hydrogen-bond acceptors (Lipinski definition) is 6. The van der Waals surface area contributed by atoms with Crippen LogP contribution in [-0.4, -0.2) is 58.1 Å². The number of rotatable bonds is 8. The number of alkyl carbamates (subject to hydrolysis) is 1. The number of nitrogens with one attached hydrogen (secondary N) is 2. The number of piperidine rings is 1. The maximum absolute atomic E-state index is 12.8. The number of aromatic nitrogens is 2. The lowest BCUT2D eigenvalue weighted by atomic mass is 10.1. The molecule has 0 atom stereocenters. The molecule has 0 unspecified atom stereocenters. The van der Waals surface area contributed by atoms with Gasteiger partial charge in [0.1, 0.15) is 5.60 Å². The van der Waals surface area contributed by atoms with Gasteiger partial charge in [-0.25, -0.2) is 9.78 Å². The van der Waals surface area contributed by atoms with Crippen molar-refractivity contribution in [3.63, 3.8) is 0 Å². The number of nitrogens with zero attached hydrogens (tertiary/aromatic N) is 3. The predicted molar refractivity (Wildman–Crippen MR) is 161 cm³/mol. The summed E-state index contributed by atoms with van der Waals surface area (Å²) in [5.74, 6) is -0.0387. The first-order chi connectivity index (χ1) is 19.2. The SMILES string of the molecule is CC(C)(C)OC(=O)NCc1ccc(-c2cn3c(n2)sc2cc(C(=O)NCCCN4CCCCC4)ccc23)cc1Cl. The molecule has 10 heteroatoms. The lowest BCUT2D eigenvalue weighted by Gasteiger charge is -2.26. The minimum absolute atomic E-state index is 0.0387. The quantitative estimate of drug-likeness (QED) is 0.232. The third kappa shape index (κ3) is 6.95. The normalized spacial score (nSPS) is 14.5. The molecule has 212 valence electrons. The molecule has 1 fully saturated rings. The van der Waals surface area contributed by atoms with Gasteiger partial charge in [-0.1, -0.05) is 41.5 Å². The van der Waals surface area contributed by atoms with E-state index in [1.807, 2.05) is 67.8 Å². The Bertz CT molecular complexity index is 1520. The fourth-order valence-electron chi connectivity index (χ4n) is 4.90. The molecule has 8 nitrogen and oxygen atoms in total. The van der Waals surface area contributed by atoms with Gasteiger partial charge >= 0.3 is 6.09 Å². The van der Waals surface area contributed by atoms with E-state index >= 15 is 0 Å². The maximum Gasteiger partial charge on any atom is 0.407 e. The number of amides is 2. The molecule has 2 amide bonds. The smallest absolute Gasteiger partial charge is 0.407 e. The van der Waals surface area contributed by atoms with Crippen molar-refractivity contribution >= 4 is 50.1 Å². The molecule has 0 bridgehead atoms.